The first-order valence-corrected chi connectivity index (χ1v) is 17.1. The number of methoxy groups -OCH3 is 1. The number of carbonyl (C=O) groups is 3. The number of ether oxygens (including phenoxy) is 3. The number of anilines is 2. The Morgan fingerprint density at radius 1 is 1.00 bits per heavy atom. The molecule has 5 rings (SSSR count). The number of likely N-dealkylation sites (tertiary alicyclic amines) is 1. The molecule has 3 saturated heterocycles. The molecule has 0 aliphatic carbocycles. The number of carbonyl (C=O) groups excluding carboxylic acids is 3. The third kappa shape index (κ3) is 6.45. The van der Waals surface area contributed by atoms with Gasteiger partial charge >= 0.3 is 0 Å². The van der Waals surface area contributed by atoms with Gasteiger partial charge in [0.05, 0.1) is 31.7 Å². The van der Waals surface area contributed by atoms with Crippen LogP contribution in [0.15, 0.2) is 73.8 Å². The van der Waals surface area contributed by atoms with Crippen LogP contribution in [-0.4, -0.2) is 90.3 Å². The van der Waals surface area contributed by atoms with Gasteiger partial charge in [-0.2, -0.15) is 0 Å². The van der Waals surface area contributed by atoms with Crippen molar-refractivity contribution in [3.63, 3.8) is 0 Å². The molecule has 0 aromatic heterocycles. The highest BCUT2D eigenvalue weighted by atomic mass is 79.9. The molecule has 10 nitrogen and oxygen atoms in total. The Hall–Kier alpha value is -3.67. The fraction of sp³-hybridized carbons (Fsp3) is 0.472. The van der Waals surface area contributed by atoms with Gasteiger partial charge in [-0.3, -0.25) is 14.4 Å². The first kappa shape index (κ1) is 34.7. The lowest BCUT2D eigenvalue weighted by Crippen LogP contribution is -2.57. The summed E-state index contributed by atoms with van der Waals surface area (Å²) in [7, 11) is 1.58. The first-order valence-electron chi connectivity index (χ1n) is 16.2. The van der Waals surface area contributed by atoms with Gasteiger partial charge < -0.3 is 34.0 Å². The minimum absolute atomic E-state index is 0.0464. The summed E-state index contributed by atoms with van der Waals surface area (Å²) in [4.78, 5) is 48.6. The molecule has 1 N–H and O–H groups in total. The van der Waals surface area contributed by atoms with E-state index in [-0.39, 0.29) is 42.2 Å². The summed E-state index contributed by atoms with van der Waals surface area (Å²) in [6.07, 6.45) is 4.97. The van der Waals surface area contributed by atoms with Crippen molar-refractivity contribution < 1.29 is 33.7 Å². The van der Waals surface area contributed by atoms with Crippen molar-refractivity contribution in [2.75, 3.05) is 49.8 Å². The van der Waals surface area contributed by atoms with Crippen LogP contribution in [0, 0.1) is 11.8 Å². The van der Waals surface area contributed by atoms with Crippen LogP contribution in [-0.2, 0) is 19.1 Å². The minimum Gasteiger partial charge on any atom is -0.497 e. The number of unbranched alkanes of at least 4 members (excludes halogenated alkanes) is 2. The summed E-state index contributed by atoms with van der Waals surface area (Å²) < 4.78 is 17.7. The van der Waals surface area contributed by atoms with Crippen LogP contribution in [0.1, 0.15) is 32.6 Å². The van der Waals surface area contributed by atoms with Gasteiger partial charge in [0.2, 0.25) is 11.8 Å². The average Bonchev–Trinajstić information content (AvgIpc) is 3.67. The average molecular weight is 711 g/mol. The number of rotatable bonds is 16. The van der Waals surface area contributed by atoms with Crippen molar-refractivity contribution in [1.82, 2.24) is 4.90 Å². The number of alkyl halides is 1. The van der Waals surface area contributed by atoms with E-state index in [1.54, 1.807) is 58.2 Å². The lowest BCUT2D eigenvalue weighted by Gasteiger charge is -2.37. The highest BCUT2D eigenvalue weighted by molar-refractivity contribution is 9.09. The Labute approximate surface area is 285 Å². The Balaban J connectivity index is 1.54. The highest BCUT2D eigenvalue weighted by Crippen LogP contribution is 2.60. The van der Waals surface area contributed by atoms with E-state index in [2.05, 4.69) is 29.1 Å². The van der Waals surface area contributed by atoms with Gasteiger partial charge in [0.1, 0.15) is 23.1 Å². The molecular formula is C36H44BrN3O7. The quantitative estimate of drug-likeness (QED) is 0.152. The van der Waals surface area contributed by atoms with E-state index in [9.17, 15) is 19.5 Å². The predicted molar refractivity (Wildman–Crippen MR) is 184 cm³/mol. The number of hydrogen-bond donors (Lipinski definition) is 1. The van der Waals surface area contributed by atoms with Gasteiger partial charge in [-0.15, -0.1) is 13.2 Å². The lowest BCUT2D eigenvalue weighted by atomic mass is 9.70. The number of fused-ring (bicyclic) bond motifs is 1. The minimum atomic E-state index is -1.21. The van der Waals surface area contributed by atoms with Gasteiger partial charge in [0, 0.05) is 42.4 Å². The molecule has 3 heterocycles. The fourth-order valence-electron chi connectivity index (χ4n) is 7.38. The van der Waals surface area contributed by atoms with E-state index < -0.39 is 29.6 Å². The van der Waals surface area contributed by atoms with Gasteiger partial charge in [0.25, 0.3) is 5.91 Å². The molecule has 3 aliphatic rings. The summed E-state index contributed by atoms with van der Waals surface area (Å²) in [6.45, 7) is 11.0. The zero-order valence-electron chi connectivity index (χ0n) is 27.1. The van der Waals surface area contributed by atoms with Gasteiger partial charge in [0.15, 0.2) is 0 Å². The van der Waals surface area contributed by atoms with Gasteiger partial charge in [-0.1, -0.05) is 28.1 Å². The van der Waals surface area contributed by atoms with Crippen LogP contribution in [0.2, 0.25) is 0 Å². The summed E-state index contributed by atoms with van der Waals surface area (Å²) >= 11 is 3.78. The van der Waals surface area contributed by atoms with E-state index in [0.717, 1.165) is 0 Å². The van der Waals surface area contributed by atoms with Crippen LogP contribution in [0.3, 0.4) is 0 Å². The number of benzene rings is 2. The number of hydrogen-bond acceptors (Lipinski definition) is 7. The zero-order valence-corrected chi connectivity index (χ0v) is 28.6. The molecule has 3 aliphatic heterocycles. The third-order valence-electron chi connectivity index (χ3n) is 9.36. The fourth-order valence-corrected chi connectivity index (χ4v) is 8.33. The molecule has 3 amide bonds. The van der Waals surface area contributed by atoms with E-state index in [1.807, 2.05) is 31.2 Å². The molecule has 6 atom stereocenters. The SMILES string of the molecule is C=CCN(C(=O)C1N(CCCCCO)C(=O)[C@@H]2[C@H](C(=O)N(CC=C)c3ccc(OCC)cc3)[C@H]3OC12CC3Br)c1ccc(OC)cc1. The second kappa shape index (κ2) is 15.0. The normalized spacial score (nSPS) is 25.7. The molecule has 2 bridgehead atoms. The second-order valence-electron chi connectivity index (χ2n) is 12.1. The van der Waals surface area contributed by atoms with Crippen molar-refractivity contribution in [3.05, 3.63) is 73.8 Å². The maximum absolute atomic E-state index is 14.8. The van der Waals surface area contributed by atoms with Crippen LogP contribution in [0.25, 0.3) is 0 Å². The van der Waals surface area contributed by atoms with E-state index >= 15 is 0 Å². The lowest BCUT2D eigenvalue weighted by molar-refractivity contribution is -0.140. The number of aliphatic hydroxyl groups is 1. The number of amides is 3. The molecule has 252 valence electrons. The zero-order chi connectivity index (χ0) is 33.7. The topological polar surface area (TPSA) is 109 Å². The standard InChI is InChI=1S/C36H44BrN3O7/c1-5-19-38(24-13-17-27(18-14-24)46-7-3)33(42)29-30-34(43)40(21-9-8-10-22-41)32(36(30)23-28(37)31(29)47-36)35(44)39(20-6-2)25-11-15-26(45-4)16-12-25/h5-6,11-18,28-32,41H,1-2,7-10,19-23H2,3-4H3/t28?,29-,30-,31-,32?,36?/m0/s1. The summed E-state index contributed by atoms with van der Waals surface area (Å²) in [5.41, 5.74) is 0.0674. The van der Waals surface area contributed by atoms with Gasteiger partial charge in [-0.05, 0) is 81.1 Å². The number of halogens is 1. The Kier molecular flexibility index (Phi) is 11.1. The summed E-state index contributed by atoms with van der Waals surface area (Å²) in [5.74, 6) is -1.14. The van der Waals surface area contributed by atoms with Crippen LogP contribution in [0.4, 0.5) is 11.4 Å². The van der Waals surface area contributed by atoms with Crippen molar-refractivity contribution in [3.8, 4) is 11.5 Å². The molecule has 3 unspecified atom stereocenters. The first-order chi connectivity index (χ1) is 22.8. The Bertz CT molecular complexity index is 1450. The smallest absolute Gasteiger partial charge is 0.253 e. The van der Waals surface area contributed by atoms with E-state index in [4.69, 9.17) is 14.2 Å². The monoisotopic (exact) mass is 709 g/mol. The van der Waals surface area contributed by atoms with Crippen molar-refractivity contribution in [2.24, 2.45) is 11.8 Å². The van der Waals surface area contributed by atoms with Crippen LogP contribution < -0.4 is 19.3 Å². The number of aliphatic hydroxyl groups excluding tert-OH is 1. The molecule has 11 heteroatoms. The predicted octanol–water partition coefficient (Wildman–Crippen LogP) is 4.74. The largest absolute Gasteiger partial charge is 0.497 e. The third-order valence-corrected chi connectivity index (χ3v) is 10.2. The highest BCUT2D eigenvalue weighted by Gasteiger charge is 2.77. The number of nitrogens with zero attached hydrogens (tertiary/aromatic N) is 3. The van der Waals surface area contributed by atoms with Crippen LogP contribution in [0.5, 0.6) is 11.5 Å². The van der Waals surface area contributed by atoms with Crippen molar-refractivity contribution in [1.29, 1.82) is 0 Å². The van der Waals surface area contributed by atoms with E-state index in [0.29, 0.717) is 61.7 Å². The molecule has 1 spiro atoms. The molecule has 0 radical (unpaired) electrons. The Morgan fingerprint density at radius 3 is 2.15 bits per heavy atom. The molecule has 0 saturated carbocycles. The van der Waals surface area contributed by atoms with Crippen molar-refractivity contribution in [2.45, 2.75) is 55.2 Å². The van der Waals surface area contributed by atoms with Crippen molar-refractivity contribution >= 4 is 45.0 Å². The molecular weight excluding hydrogens is 666 g/mol. The maximum Gasteiger partial charge on any atom is 0.253 e. The summed E-state index contributed by atoms with van der Waals surface area (Å²) in [5, 5.41) is 9.38. The molecule has 47 heavy (non-hydrogen) atoms. The van der Waals surface area contributed by atoms with Crippen LogP contribution >= 0.6 is 15.9 Å². The maximum atomic E-state index is 14.8. The molecule has 3 fully saturated rings. The molecule has 2 aromatic carbocycles. The van der Waals surface area contributed by atoms with E-state index in [1.165, 1.54) is 0 Å². The second-order valence-corrected chi connectivity index (χ2v) is 13.3. The molecule has 2 aromatic rings. The van der Waals surface area contributed by atoms with Gasteiger partial charge in [-0.25, -0.2) is 0 Å². The Morgan fingerprint density at radius 2 is 1.60 bits per heavy atom. The summed E-state index contributed by atoms with van der Waals surface area (Å²) in [6, 6.07) is 13.5.